The van der Waals surface area contributed by atoms with E-state index in [0.29, 0.717) is 39.0 Å². The number of likely N-dealkylation sites (tertiary alicyclic amines) is 1. The first kappa shape index (κ1) is 28.8. The highest BCUT2D eigenvalue weighted by atomic mass is 16.5. The van der Waals surface area contributed by atoms with E-state index >= 15 is 0 Å². The van der Waals surface area contributed by atoms with Gasteiger partial charge in [0.15, 0.2) is 0 Å². The molecule has 0 radical (unpaired) electrons. The number of rotatable bonds is 9. The summed E-state index contributed by atoms with van der Waals surface area (Å²) in [4.78, 5) is 48.0. The highest BCUT2D eigenvalue weighted by Crippen LogP contribution is 2.54. The third-order valence-corrected chi connectivity index (χ3v) is 8.49. The average Bonchev–Trinajstić information content (AvgIpc) is 3.12. The molecule has 38 heavy (non-hydrogen) atoms. The van der Waals surface area contributed by atoms with E-state index in [1.165, 1.54) is 0 Å². The van der Waals surface area contributed by atoms with Crippen molar-refractivity contribution in [2.45, 2.75) is 96.9 Å². The lowest BCUT2D eigenvalue weighted by molar-refractivity contribution is -0.152. The maximum absolute atomic E-state index is 14.5. The number of hydrogen-bond donors (Lipinski definition) is 1. The zero-order valence-corrected chi connectivity index (χ0v) is 24.1. The van der Waals surface area contributed by atoms with E-state index in [-0.39, 0.29) is 29.7 Å². The fourth-order valence-electron chi connectivity index (χ4n) is 7.41. The zero-order valence-electron chi connectivity index (χ0n) is 24.1. The number of aliphatic hydroxyl groups is 1. The van der Waals surface area contributed by atoms with Crippen LogP contribution in [0.2, 0.25) is 0 Å². The maximum atomic E-state index is 14.5. The van der Waals surface area contributed by atoms with Gasteiger partial charge in [-0.05, 0) is 51.4 Å². The van der Waals surface area contributed by atoms with Crippen LogP contribution in [0.25, 0.3) is 0 Å². The first-order valence-electron chi connectivity index (χ1n) is 14.4. The van der Waals surface area contributed by atoms with Gasteiger partial charge in [-0.2, -0.15) is 0 Å². The molecule has 212 valence electrons. The van der Waals surface area contributed by atoms with Crippen LogP contribution in [0, 0.1) is 17.3 Å². The molecule has 0 aromatic rings. The van der Waals surface area contributed by atoms with Crippen LogP contribution in [0.5, 0.6) is 0 Å². The molecular weight excluding hydrogens is 482 g/mol. The summed E-state index contributed by atoms with van der Waals surface area (Å²) in [5.41, 5.74) is -1.61. The minimum atomic E-state index is -1.18. The Morgan fingerprint density at radius 2 is 1.71 bits per heavy atom. The summed E-state index contributed by atoms with van der Waals surface area (Å²) < 4.78 is 6.73. The van der Waals surface area contributed by atoms with Crippen molar-refractivity contribution < 1.29 is 24.2 Å². The van der Waals surface area contributed by atoms with Gasteiger partial charge in [-0.3, -0.25) is 14.4 Å². The van der Waals surface area contributed by atoms with Gasteiger partial charge in [-0.25, -0.2) is 0 Å². The van der Waals surface area contributed by atoms with E-state index in [1.54, 1.807) is 4.90 Å². The molecule has 1 N–H and O–H groups in total. The molecule has 8 nitrogen and oxygen atoms in total. The van der Waals surface area contributed by atoms with E-state index in [2.05, 4.69) is 34.6 Å². The highest BCUT2D eigenvalue weighted by Gasteiger charge is 2.72. The quantitative estimate of drug-likeness (QED) is 0.366. The van der Waals surface area contributed by atoms with Crippen LogP contribution >= 0.6 is 0 Å². The standard InChI is InChI=1S/C30H47N3O5/c1-7-15-31-16-11-13-21-22(25(31)35)23-26(36)32(17-9-8-10-19-34)24-27(37)33(18-12-14-30(23,24)38-21)29(5,6)20-28(2,3)4/h11-14,21-24,34H,7-10,15-20H2,1-6H3/t21-,22+,23-,24?,30-/m0/s1. The number of nitrogens with zero attached hydrogens (tertiary/aromatic N) is 3. The van der Waals surface area contributed by atoms with E-state index < -0.39 is 35.1 Å². The van der Waals surface area contributed by atoms with Crippen molar-refractivity contribution >= 4 is 17.7 Å². The summed E-state index contributed by atoms with van der Waals surface area (Å²) in [6.07, 6.45) is 11.0. The molecule has 0 aromatic heterocycles. The minimum Gasteiger partial charge on any atom is -0.396 e. The molecule has 4 rings (SSSR count). The second-order valence-electron chi connectivity index (χ2n) is 13.3. The summed E-state index contributed by atoms with van der Waals surface area (Å²) in [7, 11) is 0. The molecule has 4 aliphatic rings. The Balaban J connectivity index is 1.76. The second kappa shape index (κ2) is 10.8. The number of hydrogen-bond acceptors (Lipinski definition) is 5. The number of aliphatic hydroxyl groups excluding tert-OH is 1. The Kier molecular flexibility index (Phi) is 8.16. The topological polar surface area (TPSA) is 90.4 Å². The van der Waals surface area contributed by atoms with Crippen LogP contribution < -0.4 is 0 Å². The molecular formula is C30H47N3O5. The van der Waals surface area contributed by atoms with E-state index in [0.717, 1.165) is 19.3 Å². The number of unbranched alkanes of at least 4 members (excludes halogenated alkanes) is 2. The smallest absolute Gasteiger partial charge is 0.249 e. The predicted molar refractivity (Wildman–Crippen MR) is 146 cm³/mol. The van der Waals surface area contributed by atoms with Crippen LogP contribution in [-0.2, 0) is 19.1 Å². The van der Waals surface area contributed by atoms with Gasteiger partial charge in [0.25, 0.3) is 0 Å². The van der Waals surface area contributed by atoms with Crippen LogP contribution in [0.3, 0.4) is 0 Å². The molecule has 3 amide bonds. The molecule has 0 saturated carbocycles. The maximum Gasteiger partial charge on any atom is 0.249 e. The van der Waals surface area contributed by atoms with Gasteiger partial charge in [0.2, 0.25) is 17.7 Å². The summed E-state index contributed by atoms with van der Waals surface area (Å²) in [6.45, 7) is 14.8. The molecule has 4 aliphatic heterocycles. The SMILES string of the molecule is CCCN1CC=C[C@@H]2O[C@]34C=CCN(C(C)(C)CC(C)(C)C)C(=O)C3N(CCCCCO)C(=O)[C@@H]4[C@@H]2C1=O. The van der Waals surface area contributed by atoms with Gasteiger partial charge in [-0.15, -0.1) is 0 Å². The first-order valence-corrected chi connectivity index (χ1v) is 14.4. The average molecular weight is 530 g/mol. The van der Waals surface area contributed by atoms with Gasteiger partial charge < -0.3 is 24.5 Å². The molecule has 4 heterocycles. The van der Waals surface area contributed by atoms with Crippen molar-refractivity contribution in [3.8, 4) is 0 Å². The Morgan fingerprint density at radius 3 is 2.37 bits per heavy atom. The van der Waals surface area contributed by atoms with Gasteiger partial charge in [-0.1, -0.05) is 52.0 Å². The van der Waals surface area contributed by atoms with Crippen molar-refractivity contribution in [3.05, 3.63) is 24.3 Å². The summed E-state index contributed by atoms with van der Waals surface area (Å²) in [5, 5.41) is 9.26. The van der Waals surface area contributed by atoms with E-state index in [1.807, 2.05) is 41.0 Å². The van der Waals surface area contributed by atoms with E-state index in [9.17, 15) is 19.5 Å². The van der Waals surface area contributed by atoms with E-state index in [4.69, 9.17) is 4.74 Å². The summed E-state index contributed by atoms with van der Waals surface area (Å²) >= 11 is 0. The predicted octanol–water partition coefficient (Wildman–Crippen LogP) is 3.15. The molecule has 0 aromatic carbocycles. The molecule has 1 spiro atoms. The normalized spacial score (nSPS) is 31.4. The summed E-state index contributed by atoms with van der Waals surface area (Å²) in [5.74, 6) is -1.73. The fourth-order valence-corrected chi connectivity index (χ4v) is 7.41. The van der Waals surface area contributed by atoms with Crippen molar-refractivity contribution in [1.82, 2.24) is 14.7 Å². The molecule has 1 unspecified atom stereocenters. The first-order chi connectivity index (χ1) is 17.9. The number of fused-ring (bicyclic) bond motifs is 2. The lowest BCUT2D eigenvalue weighted by Gasteiger charge is -2.44. The summed E-state index contributed by atoms with van der Waals surface area (Å²) in [6, 6.07) is -0.820. The van der Waals surface area contributed by atoms with Crippen LogP contribution in [0.4, 0.5) is 0 Å². The van der Waals surface area contributed by atoms with Crippen LogP contribution in [0.1, 0.15) is 73.6 Å². The van der Waals surface area contributed by atoms with Gasteiger partial charge in [0.05, 0.1) is 17.9 Å². The number of carbonyl (C=O) groups is 3. The fraction of sp³-hybridized carbons (Fsp3) is 0.767. The monoisotopic (exact) mass is 529 g/mol. The van der Waals surface area contributed by atoms with Gasteiger partial charge >= 0.3 is 0 Å². The van der Waals surface area contributed by atoms with Crippen LogP contribution in [-0.4, -0.2) is 93.6 Å². The number of ether oxygens (including phenoxy) is 1. The van der Waals surface area contributed by atoms with Crippen molar-refractivity contribution in [2.75, 3.05) is 32.8 Å². The Labute approximate surface area is 228 Å². The molecule has 5 atom stereocenters. The number of carbonyl (C=O) groups excluding carboxylic acids is 3. The number of amides is 3. The second-order valence-corrected chi connectivity index (χ2v) is 13.3. The van der Waals surface area contributed by atoms with Crippen molar-refractivity contribution in [1.29, 1.82) is 0 Å². The third kappa shape index (κ3) is 5.06. The lowest BCUT2D eigenvalue weighted by Crippen LogP contribution is -2.59. The van der Waals surface area contributed by atoms with Crippen LogP contribution in [0.15, 0.2) is 24.3 Å². The van der Waals surface area contributed by atoms with Gasteiger partial charge in [0.1, 0.15) is 11.6 Å². The molecule has 0 aliphatic carbocycles. The zero-order chi connectivity index (χ0) is 27.9. The lowest BCUT2D eigenvalue weighted by atomic mass is 9.77. The highest BCUT2D eigenvalue weighted by molar-refractivity contribution is 6.00. The Morgan fingerprint density at radius 1 is 0.974 bits per heavy atom. The molecule has 8 heteroatoms. The molecule has 2 saturated heterocycles. The van der Waals surface area contributed by atoms with Gasteiger partial charge in [0, 0.05) is 38.3 Å². The Hall–Kier alpha value is -2.19. The molecule has 2 fully saturated rings. The Bertz CT molecular complexity index is 983. The minimum absolute atomic E-state index is 0.00645. The largest absolute Gasteiger partial charge is 0.396 e. The third-order valence-electron chi connectivity index (χ3n) is 8.49. The molecule has 0 bridgehead atoms. The van der Waals surface area contributed by atoms with Crippen molar-refractivity contribution in [3.63, 3.8) is 0 Å². The van der Waals surface area contributed by atoms with Crippen molar-refractivity contribution in [2.24, 2.45) is 17.3 Å².